The van der Waals surface area contributed by atoms with Crippen molar-refractivity contribution in [2.75, 3.05) is 13.1 Å². The van der Waals surface area contributed by atoms with Crippen LogP contribution in [0.2, 0.25) is 0 Å². The monoisotopic (exact) mass is 194 g/mol. The minimum atomic E-state index is 0.477. The van der Waals surface area contributed by atoms with Crippen LogP contribution in [0, 0.1) is 0 Å². The number of piperidine rings is 1. The number of rotatable bonds is 2. The van der Waals surface area contributed by atoms with Crippen LogP contribution in [-0.2, 0) is 0 Å². The van der Waals surface area contributed by atoms with Crippen LogP contribution in [0.15, 0.2) is 6.20 Å². The zero-order valence-corrected chi connectivity index (χ0v) is 8.90. The molecule has 0 atom stereocenters. The van der Waals surface area contributed by atoms with Crippen LogP contribution in [0.25, 0.3) is 0 Å². The van der Waals surface area contributed by atoms with Crippen molar-refractivity contribution in [3.8, 4) is 0 Å². The summed E-state index contributed by atoms with van der Waals surface area (Å²) in [7, 11) is 0. The van der Waals surface area contributed by atoms with Gasteiger partial charge in [0, 0.05) is 6.20 Å². The van der Waals surface area contributed by atoms with Gasteiger partial charge in [-0.2, -0.15) is 0 Å². The summed E-state index contributed by atoms with van der Waals surface area (Å²) in [5.74, 6) is 0.477. The smallest absolute Gasteiger partial charge is 0.0852 e. The van der Waals surface area contributed by atoms with Crippen LogP contribution in [0.1, 0.15) is 44.3 Å². The first-order valence-electron chi connectivity index (χ1n) is 5.40. The molecule has 0 saturated carbocycles. The summed E-state index contributed by atoms with van der Waals surface area (Å²) in [6.45, 7) is 6.50. The molecular formula is C10H18N4. The molecule has 0 spiro atoms. The molecule has 1 aliphatic heterocycles. The Morgan fingerprint density at radius 3 is 2.71 bits per heavy atom. The normalized spacial score (nSPS) is 19.1. The highest BCUT2D eigenvalue weighted by molar-refractivity contribution is 4.99. The third kappa shape index (κ3) is 1.95. The Labute approximate surface area is 84.7 Å². The number of nitrogens with zero attached hydrogens (tertiary/aromatic N) is 3. The van der Waals surface area contributed by atoms with Crippen LogP contribution in [-0.4, -0.2) is 28.1 Å². The van der Waals surface area contributed by atoms with Crippen molar-refractivity contribution in [1.82, 2.24) is 20.3 Å². The van der Waals surface area contributed by atoms with E-state index in [1.807, 2.05) is 4.68 Å². The fourth-order valence-electron chi connectivity index (χ4n) is 1.80. The molecule has 1 aromatic rings. The summed E-state index contributed by atoms with van der Waals surface area (Å²) in [5, 5.41) is 11.7. The van der Waals surface area contributed by atoms with Crippen molar-refractivity contribution >= 4 is 0 Å². The molecule has 1 saturated heterocycles. The summed E-state index contributed by atoms with van der Waals surface area (Å²) >= 11 is 0. The lowest BCUT2D eigenvalue weighted by atomic mass is 10.1. The summed E-state index contributed by atoms with van der Waals surface area (Å²) in [4.78, 5) is 0. The summed E-state index contributed by atoms with van der Waals surface area (Å²) in [6, 6.07) is 0.552. The molecule has 2 heterocycles. The van der Waals surface area contributed by atoms with E-state index in [2.05, 4.69) is 35.7 Å². The Bertz CT molecular complexity index is 286. The average Bonchev–Trinajstić information content (AvgIpc) is 2.68. The van der Waals surface area contributed by atoms with E-state index in [0.29, 0.717) is 12.0 Å². The predicted octanol–water partition coefficient (Wildman–Crippen LogP) is 1.33. The Kier molecular flexibility index (Phi) is 2.82. The molecule has 4 nitrogen and oxygen atoms in total. The molecule has 0 bridgehead atoms. The van der Waals surface area contributed by atoms with Crippen LogP contribution in [0.3, 0.4) is 0 Å². The fraction of sp³-hybridized carbons (Fsp3) is 0.800. The molecule has 0 amide bonds. The lowest BCUT2D eigenvalue weighted by molar-refractivity contribution is 0.337. The van der Waals surface area contributed by atoms with Crippen molar-refractivity contribution in [3.05, 3.63) is 11.9 Å². The summed E-state index contributed by atoms with van der Waals surface area (Å²) < 4.78 is 2.04. The zero-order valence-electron chi connectivity index (χ0n) is 8.90. The maximum Gasteiger partial charge on any atom is 0.0852 e. The van der Waals surface area contributed by atoms with Crippen molar-refractivity contribution < 1.29 is 0 Å². The van der Waals surface area contributed by atoms with Gasteiger partial charge in [0.1, 0.15) is 0 Å². The molecular weight excluding hydrogens is 176 g/mol. The van der Waals surface area contributed by atoms with Crippen molar-refractivity contribution in [1.29, 1.82) is 0 Å². The highest BCUT2D eigenvalue weighted by Gasteiger charge is 2.16. The minimum Gasteiger partial charge on any atom is -0.317 e. The Morgan fingerprint density at radius 1 is 1.43 bits per heavy atom. The van der Waals surface area contributed by atoms with Crippen molar-refractivity contribution in [2.45, 2.75) is 38.6 Å². The van der Waals surface area contributed by atoms with Gasteiger partial charge in [0.25, 0.3) is 0 Å². The standard InChI is InChI=1S/C10H18N4/c1-8(2)10-7-14(13-12-10)9-3-5-11-6-4-9/h7-9,11H,3-6H2,1-2H3. The Morgan fingerprint density at radius 2 is 2.14 bits per heavy atom. The lowest BCUT2D eigenvalue weighted by Crippen LogP contribution is -2.29. The number of aromatic nitrogens is 3. The molecule has 0 aromatic carbocycles. The second-order valence-corrected chi connectivity index (χ2v) is 4.26. The van der Waals surface area contributed by atoms with E-state index in [1.165, 1.54) is 12.8 Å². The van der Waals surface area contributed by atoms with Gasteiger partial charge < -0.3 is 5.32 Å². The van der Waals surface area contributed by atoms with Crippen LogP contribution in [0.4, 0.5) is 0 Å². The predicted molar refractivity (Wildman–Crippen MR) is 55.3 cm³/mol. The van der Waals surface area contributed by atoms with E-state index in [9.17, 15) is 0 Å². The van der Waals surface area contributed by atoms with Gasteiger partial charge in [0.15, 0.2) is 0 Å². The van der Waals surface area contributed by atoms with E-state index in [4.69, 9.17) is 0 Å². The van der Waals surface area contributed by atoms with Crippen LogP contribution >= 0.6 is 0 Å². The largest absolute Gasteiger partial charge is 0.317 e. The highest BCUT2D eigenvalue weighted by atomic mass is 15.4. The average molecular weight is 194 g/mol. The van der Waals surface area contributed by atoms with Crippen molar-refractivity contribution in [2.24, 2.45) is 0 Å². The second kappa shape index (κ2) is 4.09. The number of hydrogen-bond donors (Lipinski definition) is 1. The lowest BCUT2D eigenvalue weighted by Gasteiger charge is -2.22. The maximum atomic E-state index is 4.20. The fourth-order valence-corrected chi connectivity index (χ4v) is 1.80. The molecule has 1 fully saturated rings. The van der Waals surface area contributed by atoms with Gasteiger partial charge in [0.2, 0.25) is 0 Å². The van der Waals surface area contributed by atoms with Crippen LogP contribution in [0.5, 0.6) is 0 Å². The molecule has 0 aliphatic carbocycles. The molecule has 4 heteroatoms. The highest BCUT2D eigenvalue weighted by Crippen LogP contribution is 2.19. The first-order valence-corrected chi connectivity index (χ1v) is 5.40. The van der Waals surface area contributed by atoms with E-state index < -0.39 is 0 Å². The van der Waals surface area contributed by atoms with Gasteiger partial charge in [-0.3, -0.25) is 0 Å². The zero-order chi connectivity index (χ0) is 9.97. The van der Waals surface area contributed by atoms with Gasteiger partial charge in [-0.15, -0.1) is 5.10 Å². The molecule has 2 rings (SSSR count). The molecule has 1 aromatic heterocycles. The molecule has 14 heavy (non-hydrogen) atoms. The third-order valence-corrected chi connectivity index (χ3v) is 2.80. The van der Waals surface area contributed by atoms with E-state index in [1.54, 1.807) is 0 Å². The summed E-state index contributed by atoms with van der Waals surface area (Å²) in [5.41, 5.74) is 1.10. The maximum absolute atomic E-state index is 4.20. The Balaban J connectivity index is 2.07. The molecule has 1 N–H and O–H groups in total. The topological polar surface area (TPSA) is 42.7 Å². The minimum absolute atomic E-state index is 0.477. The second-order valence-electron chi connectivity index (χ2n) is 4.26. The number of nitrogens with one attached hydrogen (secondary N) is 1. The SMILES string of the molecule is CC(C)c1cn(C2CCNCC2)nn1. The molecule has 0 unspecified atom stereocenters. The molecule has 0 radical (unpaired) electrons. The van der Waals surface area contributed by atoms with Gasteiger partial charge in [-0.1, -0.05) is 19.1 Å². The Hall–Kier alpha value is -0.900. The van der Waals surface area contributed by atoms with Crippen LogP contribution < -0.4 is 5.32 Å². The first kappa shape index (κ1) is 9.65. The van der Waals surface area contributed by atoms with Gasteiger partial charge >= 0.3 is 0 Å². The molecule has 1 aliphatic rings. The van der Waals surface area contributed by atoms with E-state index >= 15 is 0 Å². The van der Waals surface area contributed by atoms with Gasteiger partial charge in [0.05, 0.1) is 11.7 Å². The quantitative estimate of drug-likeness (QED) is 0.772. The van der Waals surface area contributed by atoms with Gasteiger partial charge in [-0.05, 0) is 31.8 Å². The molecule has 78 valence electrons. The number of hydrogen-bond acceptors (Lipinski definition) is 3. The first-order chi connectivity index (χ1) is 6.77. The van der Waals surface area contributed by atoms with E-state index in [-0.39, 0.29) is 0 Å². The third-order valence-electron chi connectivity index (χ3n) is 2.80. The van der Waals surface area contributed by atoms with E-state index in [0.717, 1.165) is 18.8 Å². The summed E-state index contributed by atoms with van der Waals surface area (Å²) in [6.07, 6.45) is 4.43. The van der Waals surface area contributed by atoms with Crippen molar-refractivity contribution in [3.63, 3.8) is 0 Å². The van der Waals surface area contributed by atoms with Gasteiger partial charge in [-0.25, -0.2) is 4.68 Å².